The highest BCUT2D eigenvalue weighted by molar-refractivity contribution is 6.22. The van der Waals surface area contributed by atoms with Crippen LogP contribution >= 0.6 is 0 Å². The highest BCUT2D eigenvalue weighted by Crippen LogP contribution is 2.47. The van der Waals surface area contributed by atoms with Gasteiger partial charge in [0.05, 0.1) is 0 Å². The Kier molecular flexibility index (Phi) is 6.16. The van der Waals surface area contributed by atoms with E-state index in [1.807, 2.05) is 0 Å². The van der Waals surface area contributed by atoms with Crippen molar-refractivity contribution < 1.29 is 4.42 Å². The van der Waals surface area contributed by atoms with Gasteiger partial charge in [0.1, 0.15) is 11.2 Å². The standard InChI is InChI=1S/C44H40O/c1-43(2,3)31-18-20-34-37(25-31)41(27-12-8-7-9-13-27)33-19-17-32(44(4,5)6)26-38(33)42(34)30-16-21-39-35(23-30)36-22-28-14-10-11-15-29(28)24-40(36)45-39/h7-9,11-13,15-26H,10,14H2,1-6H3. The lowest BCUT2D eigenvalue weighted by atomic mass is 9.79. The van der Waals surface area contributed by atoms with Gasteiger partial charge in [0.2, 0.25) is 0 Å². The van der Waals surface area contributed by atoms with Gasteiger partial charge >= 0.3 is 0 Å². The van der Waals surface area contributed by atoms with E-state index >= 15 is 0 Å². The Bertz CT molecular complexity index is 2310. The van der Waals surface area contributed by atoms with Gasteiger partial charge in [0.25, 0.3) is 0 Å². The Morgan fingerprint density at radius 2 is 1.13 bits per heavy atom. The summed E-state index contributed by atoms with van der Waals surface area (Å²) in [4.78, 5) is 0. The smallest absolute Gasteiger partial charge is 0.136 e. The average Bonchev–Trinajstić information content (AvgIpc) is 3.38. The molecule has 45 heavy (non-hydrogen) atoms. The van der Waals surface area contributed by atoms with E-state index in [2.05, 4.69) is 151 Å². The minimum atomic E-state index is 0.0294. The second-order valence-corrected chi connectivity index (χ2v) is 14.9. The number of allylic oxidation sites excluding steroid dienone is 1. The van der Waals surface area contributed by atoms with Crippen molar-refractivity contribution in [3.05, 3.63) is 125 Å². The topological polar surface area (TPSA) is 13.1 Å². The van der Waals surface area contributed by atoms with Crippen LogP contribution in [0.4, 0.5) is 0 Å². The van der Waals surface area contributed by atoms with Gasteiger partial charge in [-0.2, -0.15) is 0 Å². The molecular formula is C44H40O. The fraction of sp³-hybridized carbons (Fsp3) is 0.227. The zero-order chi connectivity index (χ0) is 31.1. The molecule has 1 aliphatic carbocycles. The molecule has 0 saturated heterocycles. The second-order valence-electron chi connectivity index (χ2n) is 14.9. The molecule has 1 heterocycles. The van der Waals surface area contributed by atoms with Crippen LogP contribution in [0.1, 0.15) is 70.2 Å². The summed E-state index contributed by atoms with van der Waals surface area (Å²) in [6.07, 6.45) is 6.68. The first-order valence-electron chi connectivity index (χ1n) is 16.3. The first-order valence-corrected chi connectivity index (χ1v) is 16.3. The van der Waals surface area contributed by atoms with Crippen LogP contribution in [0.5, 0.6) is 0 Å². The van der Waals surface area contributed by atoms with Crippen molar-refractivity contribution >= 4 is 49.6 Å². The van der Waals surface area contributed by atoms with Crippen molar-refractivity contribution in [3.63, 3.8) is 0 Å². The number of aryl methyl sites for hydroxylation is 1. The van der Waals surface area contributed by atoms with Gasteiger partial charge in [-0.3, -0.25) is 0 Å². The largest absolute Gasteiger partial charge is 0.456 e. The molecular weight excluding hydrogens is 544 g/mol. The molecule has 1 nitrogen and oxygen atoms in total. The van der Waals surface area contributed by atoms with Crippen molar-refractivity contribution in [1.29, 1.82) is 0 Å². The highest BCUT2D eigenvalue weighted by Gasteiger charge is 2.23. The van der Waals surface area contributed by atoms with Gasteiger partial charge in [0, 0.05) is 10.8 Å². The van der Waals surface area contributed by atoms with E-state index in [9.17, 15) is 0 Å². The summed E-state index contributed by atoms with van der Waals surface area (Å²) in [5.41, 5.74) is 12.4. The number of rotatable bonds is 2. The number of fused-ring (bicyclic) bond motifs is 6. The van der Waals surface area contributed by atoms with Crippen molar-refractivity contribution in [2.24, 2.45) is 0 Å². The fourth-order valence-electron chi connectivity index (χ4n) is 7.25. The highest BCUT2D eigenvalue weighted by atomic mass is 16.3. The van der Waals surface area contributed by atoms with E-state index < -0.39 is 0 Å². The van der Waals surface area contributed by atoms with Gasteiger partial charge in [-0.15, -0.1) is 0 Å². The maximum atomic E-state index is 6.44. The van der Waals surface area contributed by atoms with E-state index in [0.29, 0.717) is 0 Å². The summed E-state index contributed by atoms with van der Waals surface area (Å²) >= 11 is 0. The molecule has 0 N–H and O–H groups in total. The summed E-state index contributed by atoms with van der Waals surface area (Å²) in [5.74, 6) is 0. The predicted molar refractivity (Wildman–Crippen MR) is 194 cm³/mol. The molecule has 7 aromatic rings. The zero-order valence-electron chi connectivity index (χ0n) is 27.2. The van der Waals surface area contributed by atoms with E-state index in [1.165, 1.54) is 76.8 Å². The predicted octanol–water partition coefficient (Wildman–Crippen LogP) is 12.8. The van der Waals surface area contributed by atoms with E-state index in [4.69, 9.17) is 4.42 Å². The van der Waals surface area contributed by atoms with Crippen LogP contribution in [0.3, 0.4) is 0 Å². The van der Waals surface area contributed by atoms with Crippen LogP contribution < -0.4 is 0 Å². The maximum absolute atomic E-state index is 6.44. The van der Waals surface area contributed by atoms with E-state index in [1.54, 1.807) is 0 Å². The number of furan rings is 1. The summed E-state index contributed by atoms with van der Waals surface area (Å²) in [6, 6.07) is 36.7. The zero-order valence-corrected chi connectivity index (χ0v) is 27.2. The average molecular weight is 585 g/mol. The molecule has 0 bridgehead atoms. The summed E-state index contributed by atoms with van der Waals surface area (Å²) in [6.45, 7) is 13.8. The summed E-state index contributed by atoms with van der Waals surface area (Å²) in [7, 11) is 0. The second kappa shape index (κ2) is 9.94. The number of hydrogen-bond donors (Lipinski definition) is 0. The first-order chi connectivity index (χ1) is 21.6. The van der Waals surface area contributed by atoms with Gasteiger partial charge in [-0.05, 0) is 126 Å². The Morgan fingerprint density at radius 1 is 0.511 bits per heavy atom. The third kappa shape index (κ3) is 4.60. The molecule has 222 valence electrons. The van der Waals surface area contributed by atoms with Crippen molar-refractivity contribution in [2.45, 2.75) is 65.2 Å². The molecule has 1 aliphatic rings. The van der Waals surface area contributed by atoms with Crippen molar-refractivity contribution in [1.82, 2.24) is 0 Å². The first kappa shape index (κ1) is 27.9. The fourth-order valence-corrected chi connectivity index (χ4v) is 7.25. The molecule has 1 aromatic heterocycles. The molecule has 0 aliphatic heterocycles. The lowest BCUT2D eigenvalue weighted by Gasteiger charge is -2.25. The molecule has 0 saturated carbocycles. The van der Waals surface area contributed by atoms with Crippen LogP contribution in [0.2, 0.25) is 0 Å². The Hall–Kier alpha value is -4.62. The monoisotopic (exact) mass is 584 g/mol. The Labute approximate surface area is 266 Å². The maximum Gasteiger partial charge on any atom is 0.136 e. The van der Waals surface area contributed by atoms with Crippen LogP contribution in [0, 0.1) is 0 Å². The molecule has 0 amide bonds. The molecule has 0 spiro atoms. The van der Waals surface area contributed by atoms with Gasteiger partial charge in [-0.1, -0.05) is 114 Å². The van der Waals surface area contributed by atoms with Crippen LogP contribution in [-0.4, -0.2) is 0 Å². The van der Waals surface area contributed by atoms with Gasteiger partial charge < -0.3 is 4.42 Å². The normalized spacial score (nSPS) is 13.7. The van der Waals surface area contributed by atoms with Gasteiger partial charge in [-0.25, -0.2) is 0 Å². The van der Waals surface area contributed by atoms with E-state index in [0.717, 1.165) is 24.0 Å². The molecule has 8 rings (SSSR count). The van der Waals surface area contributed by atoms with Crippen LogP contribution in [0.25, 0.3) is 71.8 Å². The van der Waals surface area contributed by atoms with Gasteiger partial charge in [0.15, 0.2) is 0 Å². The lowest BCUT2D eigenvalue weighted by Crippen LogP contribution is -2.11. The molecule has 0 fully saturated rings. The molecule has 0 radical (unpaired) electrons. The van der Waals surface area contributed by atoms with Crippen LogP contribution in [0.15, 0.2) is 108 Å². The summed E-state index contributed by atoms with van der Waals surface area (Å²) < 4.78 is 6.44. The Balaban J connectivity index is 1.51. The van der Waals surface area contributed by atoms with Crippen molar-refractivity contribution in [2.75, 3.05) is 0 Å². The number of benzene rings is 6. The molecule has 0 atom stereocenters. The van der Waals surface area contributed by atoms with E-state index in [-0.39, 0.29) is 10.8 Å². The minimum absolute atomic E-state index is 0.0294. The Morgan fingerprint density at radius 3 is 1.78 bits per heavy atom. The number of hydrogen-bond acceptors (Lipinski definition) is 1. The van der Waals surface area contributed by atoms with Crippen molar-refractivity contribution in [3.8, 4) is 22.3 Å². The SMILES string of the molecule is CC(C)(C)c1ccc2c(-c3ccc4oc5cc6c(cc5c4c3)CCC=C6)c3cc(C(C)(C)C)ccc3c(-c3ccccc3)c2c1. The third-order valence-corrected chi connectivity index (χ3v) is 9.81. The minimum Gasteiger partial charge on any atom is -0.456 e. The lowest BCUT2D eigenvalue weighted by molar-refractivity contribution is 0.590. The third-order valence-electron chi connectivity index (χ3n) is 9.81. The summed E-state index contributed by atoms with van der Waals surface area (Å²) in [5, 5.41) is 7.58. The molecule has 0 unspecified atom stereocenters. The molecule has 6 aromatic carbocycles. The molecule has 1 heteroatoms. The van der Waals surface area contributed by atoms with Crippen LogP contribution in [-0.2, 0) is 17.3 Å². The quantitative estimate of drug-likeness (QED) is 0.184.